The van der Waals surface area contributed by atoms with E-state index >= 15 is 0 Å². The van der Waals surface area contributed by atoms with E-state index in [4.69, 9.17) is 4.74 Å². The number of nitrogens with one attached hydrogen (secondary N) is 1. The molecule has 1 aliphatic carbocycles. The average molecular weight is 388 g/mol. The summed E-state index contributed by atoms with van der Waals surface area (Å²) in [6.07, 6.45) is 3.92. The Hall–Kier alpha value is -2.54. The van der Waals surface area contributed by atoms with Gasteiger partial charge < -0.3 is 10.1 Å². The molecule has 0 bridgehead atoms. The first-order chi connectivity index (χ1) is 12.9. The first kappa shape index (κ1) is 19.2. The maximum Gasteiger partial charge on any atom is 0.241 e. The third-order valence-corrected chi connectivity index (χ3v) is 5.87. The van der Waals surface area contributed by atoms with Gasteiger partial charge in [-0.2, -0.15) is 0 Å². The number of hydrogen-bond donors (Lipinski definition) is 1. The summed E-state index contributed by atoms with van der Waals surface area (Å²) in [6, 6.07) is 14.7. The molecule has 0 saturated heterocycles. The van der Waals surface area contributed by atoms with Crippen LogP contribution in [0.2, 0.25) is 0 Å². The van der Waals surface area contributed by atoms with Crippen molar-refractivity contribution in [3.63, 3.8) is 0 Å². The molecule has 1 N–H and O–H groups in total. The molecule has 0 aromatic heterocycles. The molecule has 6 nitrogen and oxygen atoms in total. The van der Waals surface area contributed by atoms with Crippen LogP contribution in [-0.2, 0) is 21.2 Å². The predicted molar refractivity (Wildman–Crippen MR) is 105 cm³/mol. The molecular formula is C20H24N2O4S. The molecule has 3 rings (SSSR count). The molecule has 1 aliphatic rings. The van der Waals surface area contributed by atoms with Crippen LogP contribution < -0.4 is 14.4 Å². The maximum absolute atomic E-state index is 12.7. The van der Waals surface area contributed by atoms with Crippen molar-refractivity contribution in [1.82, 2.24) is 5.32 Å². The van der Waals surface area contributed by atoms with Crippen LogP contribution >= 0.6 is 0 Å². The van der Waals surface area contributed by atoms with Crippen molar-refractivity contribution in [3.8, 4) is 5.75 Å². The molecule has 1 amide bonds. The van der Waals surface area contributed by atoms with E-state index < -0.39 is 10.0 Å². The number of rotatable bonds is 6. The van der Waals surface area contributed by atoms with Gasteiger partial charge in [0.1, 0.15) is 12.3 Å². The summed E-state index contributed by atoms with van der Waals surface area (Å²) in [4.78, 5) is 12.7. The smallest absolute Gasteiger partial charge is 0.241 e. The highest BCUT2D eigenvalue weighted by atomic mass is 32.2. The Balaban J connectivity index is 1.81. The molecule has 0 spiro atoms. The Morgan fingerprint density at radius 2 is 1.89 bits per heavy atom. The largest absolute Gasteiger partial charge is 0.495 e. The van der Waals surface area contributed by atoms with Gasteiger partial charge in [-0.25, -0.2) is 8.42 Å². The highest BCUT2D eigenvalue weighted by molar-refractivity contribution is 7.92. The highest BCUT2D eigenvalue weighted by Gasteiger charge is 2.26. The average Bonchev–Trinajstić information content (AvgIpc) is 2.65. The minimum atomic E-state index is -3.65. The number of carbonyl (C=O) groups excluding carboxylic acids is 1. The molecular weight excluding hydrogens is 364 g/mol. The summed E-state index contributed by atoms with van der Waals surface area (Å²) in [5.41, 5.74) is 2.70. The van der Waals surface area contributed by atoms with Gasteiger partial charge in [-0.15, -0.1) is 0 Å². The monoisotopic (exact) mass is 388 g/mol. The number of hydrogen-bond acceptors (Lipinski definition) is 4. The molecule has 1 atom stereocenters. The van der Waals surface area contributed by atoms with Gasteiger partial charge in [0.25, 0.3) is 0 Å². The summed E-state index contributed by atoms with van der Waals surface area (Å²) in [7, 11) is -2.18. The zero-order valence-corrected chi connectivity index (χ0v) is 16.3. The number of carbonyl (C=O) groups is 1. The van der Waals surface area contributed by atoms with Crippen molar-refractivity contribution in [2.45, 2.75) is 25.3 Å². The number of anilines is 1. The first-order valence-electron chi connectivity index (χ1n) is 8.88. The van der Waals surface area contributed by atoms with Gasteiger partial charge >= 0.3 is 0 Å². The van der Waals surface area contributed by atoms with Crippen molar-refractivity contribution in [1.29, 1.82) is 0 Å². The van der Waals surface area contributed by atoms with E-state index in [1.807, 2.05) is 18.2 Å². The van der Waals surface area contributed by atoms with Crippen LogP contribution in [0, 0.1) is 0 Å². The van der Waals surface area contributed by atoms with Crippen LogP contribution in [0.3, 0.4) is 0 Å². The molecule has 2 aromatic rings. The molecule has 0 heterocycles. The van der Waals surface area contributed by atoms with E-state index in [2.05, 4.69) is 11.4 Å². The Labute approximate surface area is 160 Å². The number of para-hydroxylation sites is 2. The van der Waals surface area contributed by atoms with E-state index in [1.54, 1.807) is 24.3 Å². The lowest BCUT2D eigenvalue weighted by Gasteiger charge is -2.28. The van der Waals surface area contributed by atoms with Gasteiger partial charge in [-0.1, -0.05) is 36.4 Å². The van der Waals surface area contributed by atoms with Crippen LogP contribution in [0.4, 0.5) is 5.69 Å². The number of ether oxygens (including phenoxy) is 1. The van der Waals surface area contributed by atoms with Crippen molar-refractivity contribution in [2.24, 2.45) is 0 Å². The molecule has 144 valence electrons. The quantitative estimate of drug-likeness (QED) is 0.825. The Morgan fingerprint density at radius 1 is 1.19 bits per heavy atom. The number of amides is 1. The second kappa shape index (κ2) is 8.00. The van der Waals surface area contributed by atoms with Crippen LogP contribution in [0.25, 0.3) is 0 Å². The van der Waals surface area contributed by atoms with Crippen LogP contribution in [-0.4, -0.2) is 34.2 Å². The lowest BCUT2D eigenvalue weighted by Crippen LogP contribution is -2.42. The van der Waals surface area contributed by atoms with Gasteiger partial charge in [0, 0.05) is 0 Å². The molecule has 0 fully saturated rings. The number of nitrogens with zero attached hydrogens (tertiary/aromatic N) is 1. The summed E-state index contributed by atoms with van der Waals surface area (Å²) < 4.78 is 31.0. The Morgan fingerprint density at radius 3 is 2.63 bits per heavy atom. The highest BCUT2D eigenvalue weighted by Crippen LogP contribution is 2.31. The topological polar surface area (TPSA) is 75.7 Å². The fourth-order valence-corrected chi connectivity index (χ4v) is 4.35. The van der Waals surface area contributed by atoms with Gasteiger partial charge in [0.05, 0.1) is 25.1 Å². The van der Waals surface area contributed by atoms with Gasteiger partial charge in [-0.05, 0) is 42.5 Å². The van der Waals surface area contributed by atoms with E-state index in [1.165, 1.54) is 12.7 Å². The predicted octanol–water partition coefficient (Wildman–Crippen LogP) is 2.66. The minimum absolute atomic E-state index is 0.0958. The van der Waals surface area contributed by atoms with Crippen LogP contribution in [0.5, 0.6) is 5.75 Å². The van der Waals surface area contributed by atoms with Crippen LogP contribution in [0.1, 0.15) is 30.0 Å². The van der Waals surface area contributed by atoms with E-state index in [9.17, 15) is 13.2 Å². The lowest BCUT2D eigenvalue weighted by molar-refractivity contribution is -0.120. The van der Waals surface area contributed by atoms with Crippen molar-refractivity contribution in [2.75, 3.05) is 24.2 Å². The second-order valence-corrected chi connectivity index (χ2v) is 8.56. The fraction of sp³-hybridized carbons (Fsp3) is 0.350. The zero-order chi connectivity index (χ0) is 19.4. The van der Waals surface area contributed by atoms with E-state index in [-0.39, 0.29) is 18.5 Å². The Bertz CT molecular complexity index is 927. The summed E-state index contributed by atoms with van der Waals surface area (Å²) >= 11 is 0. The molecule has 2 aromatic carbocycles. The standard InChI is InChI=1S/C20H24N2O4S/c1-26-19-13-6-5-12-18(19)22(27(2,24)25)14-20(23)21-17-11-7-9-15-8-3-4-10-16(15)17/h3-6,8,10,12-13,17H,7,9,11,14H2,1-2H3,(H,21,23)/t17-/m1/s1. The van der Waals surface area contributed by atoms with Gasteiger partial charge in [0.2, 0.25) is 15.9 Å². The number of methoxy groups -OCH3 is 1. The van der Waals surface area contributed by atoms with Crippen molar-refractivity contribution >= 4 is 21.6 Å². The Kier molecular flexibility index (Phi) is 5.70. The van der Waals surface area contributed by atoms with E-state index in [0.717, 1.165) is 35.4 Å². The molecule has 0 saturated carbocycles. The number of aryl methyl sites for hydroxylation is 1. The normalized spacial score (nSPS) is 16.3. The summed E-state index contributed by atoms with van der Waals surface area (Å²) in [5, 5.41) is 3.00. The van der Waals surface area contributed by atoms with Crippen molar-refractivity contribution in [3.05, 3.63) is 59.7 Å². The fourth-order valence-electron chi connectivity index (χ4n) is 3.49. The van der Waals surface area contributed by atoms with Crippen LogP contribution in [0.15, 0.2) is 48.5 Å². The van der Waals surface area contributed by atoms with Gasteiger partial charge in [0.15, 0.2) is 0 Å². The third kappa shape index (κ3) is 4.42. The number of sulfonamides is 1. The van der Waals surface area contributed by atoms with Gasteiger partial charge in [-0.3, -0.25) is 9.10 Å². The maximum atomic E-state index is 12.7. The number of fused-ring (bicyclic) bond motifs is 1. The molecule has 7 heteroatoms. The van der Waals surface area contributed by atoms with Crippen molar-refractivity contribution < 1.29 is 17.9 Å². The molecule has 0 unspecified atom stereocenters. The summed E-state index contributed by atoms with van der Waals surface area (Å²) in [5.74, 6) is 0.0618. The third-order valence-electron chi connectivity index (χ3n) is 4.75. The molecule has 0 aliphatic heterocycles. The lowest BCUT2D eigenvalue weighted by atomic mass is 9.88. The summed E-state index contributed by atoms with van der Waals surface area (Å²) in [6.45, 7) is -0.294. The zero-order valence-electron chi connectivity index (χ0n) is 15.5. The SMILES string of the molecule is COc1ccccc1N(CC(=O)N[C@@H]1CCCc2ccccc21)S(C)(=O)=O. The molecule has 27 heavy (non-hydrogen) atoms. The van der Waals surface area contributed by atoms with E-state index in [0.29, 0.717) is 11.4 Å². The number of benzene rings is 2. The second-order valence-electron chi connectivity index (χ2n) is 6.65. The minimum Gasteiger partial charge on any atom is -0.495 e. The molecule has 0 radical (unpaired) electrons. The first-order valence-corrected chi connectivity index (χ1v) is 10.7.